The number of carbonyl (C=O) groups excluding carboxylic acids is 1. The number of ether oxygens (including phenoxy) is 1. The summed E-state index contributed by atoms with van der Waals surface area (Å²) in [6, 6.07) is 0. The van der Waals surface area contributed by atoms with Gasteiger partial charge in [-0.25, -0.2) is 4.79 Å². The summed E-state index contributed by atoms with van der Waals surface area (Å²) in [5.74, 6) is 0. The summed E-state index contributed by atoms with van der Waals surface area (Å²) < 4.78 is 46.8. The second-order valence-electron chi connectivity index (χ2n) is 7.71. The average Bonchev–Trinajstić information content (AvgIpc) is 2.45. The maximum Gasteiger partial charge on any atom is 0.410 e. The number of halogens is 3. The Morgan fingerprint density at radius 3 is 2.00 bits per heavy atom. The van der Waals surface area contributed by atoms with Crippen LogP contribution < -0.4 is 0 Å². The van der Waals surface area contributed by atoms with E-state index in [1.54, 1.807) is 20.8 Å². The van der Waals surface area contributed by atoms with Crippen molar-refractivity contribution >= 4 is 6.09 Å². The molecule has 0 aromatic heterocycles. The maximum absolute atomic E-state index is 13.8. The number of aliphatic hydroxyl groups excluding tert-OH is 1. The van der Waals surface area contributed by atoms with Crippen LogP contribution in [0.1, 0.15) is 46.5 Å². The van der Waals surface area contributed by atoms with Crippen molar-refractivity contribution in [1.29, 1.82) is 0 Å². The first kappa shape index (κ1) is 19.3. The molecule has 2 aliphatic heterocycles. The lowest BCUT2D eigenvalue weighted by Crippen LogP contribution is -2.65. The number of carbonyl (C=O) groups is 1. The van der Waals surface area contributed by atoms with Gasteiger partial charge in [0.25, 0.3) is 0 Å². The van der Waals surface area contributed by atoms with Crippen LogP contribution >= 0.6 is 0 Å². The van der Waals surface area contributed by atoms with Crippen LogP contribution in [0.3, 0.4) is 0 Å². The van der Waals surface area contributed by atoms with E-state index in [2.05, 4.69) is 0 Å². The normalized spacial score (nSPS) is 24.0. The van der Waals surface area contributed by atoms with Gasteiger partial charge in [0.2, 0.25) is 0 Å². The second-order valence-corrected chi connectivity index (χ2v) is 7.71. The van der Waals surface area contributed by atoms with Crippen molar-refractivity contribution < 1.29 is 27.8 Å². The Morgan fingerprint density at radius 2 is 1.58 bits per heavy atom. The van der Waals surface area contributed by atoms with Gasteiger partial charge in [-0.15, -0.1) is 0 Å². The van der Waals surface area contributed by atoms with Gasteiger partial charge < -0.3 is 14.7 Å². The van der Waals surface area contributed by atoms with Crippen LogP contribution in [0.25, 0.3) is 0 Å². The Morgan fingerprint density at radius 1 is 1.08 bits per heavy atom. The van der Waals surface area contributed by atoms with Gasteiger partial charge in [0.15, 0.2) is 0 Å². The first-order valence-corrected chi connectivity index (χ1v) is 8.42. The molecule has 0 saturated carbocycles. The van der Waals surface area contributed by atoms with Gasteiger partial charge in [0, 0.05) is 26.2 Å². The van der Waals surface area contributed by atoms with Crippen LogP contribution in [0.4, 0.5) is 18.0 Å². The van der Waals surface area contributed by atoms with Gasteiger partial charge in [-0.2, -0.15) is 13.2 Å². The number of hydrogen-bond acceptors (Lipinski definition) is 4. The van der Waals surface area contributed by atoms with Gasteiger partial charge in [0.05, 0.1) is 6.10 Å². The lowest BCUT2D eigenvalue weighted by Gasteiger charge is -2.51. The Hall–Kier alpha value is -1.02. The molecule has 8 heteroatoms. The quantitative estimate of drug-likeness (QED) is 0.788. The highest BCUT2D eigenvalue weighted by Crippen LogP contribution is 2.44. The molecule has 0 bridgehead atoms. The second kappa shape index (κ2) is 6.71. The first-order valence-electron chi connectivity index (χ1n) is 8.42. The molecule has 0 unspecified atom stereocenters. The molecule has 1 N–H and O–H groups in total. The van der Waals surface area contributed by atoms with Gasteiger partial charge in [-0.3, -0.25) is 4.90 Å². The van der Waals surface area contributed by atoms with Crippen molar-refractivity contribution in [2.75, 3.05) is 26.2 Å². The monoisotopic (exact) mass is 352 g/mol. The molecule has 2 saturated heterocycles. The van der Waals surface area contributed by atoms with Gasteiger partial charge in [-0.1, -0.05) is 0 Å². The van der Waals surface area contributed by atoms with E-state index in [0.29, 0.717) is 12.8 Å². The van der Waals surface area contributed by atoms with Crippen molar-refractivity contribution in [2.45, 2.75) is 69.9 Å². The lowest BCUT2D eigenvalue weighted by atomic mass is 9.83. The zero-order valence-corrected chi connectivity index (χ0v) is 14.5. The molecule has 2 rings (SSSR count). The summed E-state index contributed by atoms with van der Waals surface area (Å²) in [6.07, 6.45) is -5.06. The minimum Gasteiger partial charge on any atom is -0.444 e. The SMILES string of the molecule is CC(C)(C)OC(=O)N1CCC(N2CCC(O)CC2)(C(F)(F)F)CC1. The van der Waals surface area contributed by atoms with Crippen LogP contribution in [0.2, 0.25) is 0 Å². The Balaban J connectivity index is 2.07. The third kappa shape index (κ3) is 4.14. The number of alkyl halides is 3. The smallest absolute Gasteiger partial charge is 0.410 e. The molecule has 0 aliphatic carbocycles. The lowest BCUT2D eigenvalue weighted by molar-refractivity contribution is -0.249. The molecule has 5 nitrogen and oxygen atoms in total. The molecular weight excluding hydrogens is 325 g/mol. The fourth-order valence-corrected chi connectivity index (χ4v) is 3.46. The summed E-state index contributed by atoms with van der Waals surface area (Å²) in [5.41, 5.74) is -2.58. The zero-order valence-electron chi connectivity index (χ0n) is 14.5. The van der Waals surface area contributed by atoms with Gasteiger partial charge in [-0.05, 0) is 46.5 Å². The van der Waals surface area contributed by atoms with E-state index in [1.807, 2.05) is 0 Å². The van der Waals surface area contributed by atoms with Crippen LogP contribution in [-0.4, -0.2) is 70.6 Å². The van der Waals surface area contributed by atoms with E-state index in [1.165, 1.54) is 9.80 Å². The van der Waals surface area contributed by atoms with E-state index >= 15 is 0 Å². The van der Waals surface area contributed by atoms with Crippen molar-refractivity contribution in [2.24, 2.45) is 0 Å². The van der Waals surface area contributed by atoms with E-state index < -0.39 is 29.5 Å². The summed E-state index contributed by atoms with van der Waals surface area (Å²) in [6.45, 7) is 5.69. The summed E-state index contributed by atoms with van der Waals surface area (Å²) >= 11 is 0. The van der Waals surface area contributed by atoms with Crippen LogP contribution in [0.5, 0.6) is 0 Å². The van der Waals surface area contributed by atoms with E-state index in [0.717, 1.165) is 0 Å². The van der Waals surface area contributed by atoms with Crippen molar-refractivity contribution in [1.82, 2.24) is 9.80 Å². The van der Waals surface area contributed by atoms with Gasteiger partial charge in [0.1, 0.15) is 11.1 Å². The Labute approximate surface area is 140 Å². The first-order chi connectivity index (χ1) is 10.9. The summed E-state index contributed by atoms with van der Waals surface area (Å²) in [5, 5.41) is 9.56. The molecule has 140 valence electrons. The minimum absolute atomic E-state index is 0.0213. The average molecular weight is 352 g/mol. The Bertz CT molecular complexity index is 446. The predicted octanol–water partition coefficient (Wildman–Crippen LogP) is 2.78. The van der Waals surface area contributed by atoms with Crippen LogP contribution in [0.15, 0.2) is 0 Å². The minimum atomic E-state index is -4.37. The van der Waals surface area contributed by atoms with Crippen molar-refractivity contribution in [3.63, 3.8) is 0 Å². The van der Waals surface area contributed by atoms with Crippen LogP contribution in [-0.2, 0) is 4.74 Å². The number of aliphatic hydroxyl groups is 1. The highest BCUT2D eigenvalue weighted by molar-refractivity contribution is 5.68. The van der Waals surface area contributed by atoms with E-state index in [9.17, 15) is 23.1 Å². The van der Waals surface area contributed by atoms with E-state index in [-0.39, 0.29) is 39.0 Å². The standard InChI is InChI=1S/C16H27F3N2O3/c1-14(2,3)24-13(23)20-10-6-15(7-11-20,16(17,18)19)21-8-4-12(22)5-9-21/h12,22H,4-11H2,1-3H3. The molecule has 2 aliphatic rings. The number of piperidine rings is 2. The highest BCUT2D eigenvalue weighted by Gasteiger charge is 2.59. The molecule has 0 aromatic rings. The summed E-state index contributed by atoms with van der Waals surface area (Å²) in [4.78, 5) is 14.9. The Kier molecular flexibility index (Phi) is 5.40. The molecular formula is C16H27F3N2O3. The number of hydrogen-bond donors (Lipinski definition) is 1. The number of likely N-dealkylation sites (tertiary alicyclic amines) is 2. The third-order valence-corrected chi connectivity index (χ3v) is 4.84. The largest absolute Gasteiger partial charge is 0.444 e. The predicted molar refractivity (Wildman–Crippen MR) is 82.6 cm³/mol. The number of amides is 1. The molecule has 24 heavy (non-hydrogen) atoms. The maximum atomic E-state index is 13.8. The fraction of sp³-hybridized carbons (Fsp3) is 0.938. The van der Waals surface area contributed by atoms with E-state index in [4.69, 9.17) is 4.74 Å². The fourth-order valence-electron chi connectivity index (χ4n) is 3.46. The summed E-state index contributed by atoms with van der Waals surface area (Å²) in [7, 11) is 0. The topological polar surface area (TPSA) is 53.0 Å². The third-order valence-electron chi connectivity index (χ3n) is 4.84. The molecule has 0 atom stereocenters. The highest BCUT2D eigenvalue weighted by atomic mass is 19.4. The molecule has 0 spiro atoms. The van der Waals surface area contributed by atoms with Gasteiger partial charge >= 0.3 is 12.3 Å². The molecule has 0 aromatic carbocycles. The number of nitrogens with zero attached hydrogens (tertiary/aromatic N) is 2. The van der Waals surface area contributed by atoms with Crippen molar-refractivity contribution in [3.8, 4) is 0 Å². The zero-order chi connectivity index (χ0) is 18.2. The van der Waals surface area contributed by atoms with Crippen LogP contribution in [0, 0.1) is 0 Å². The molecule has 2 fully saturated rings. The molecule has 1 amide bonds. The van der Waals surface area contributed by atoms with Crippen molar-refractivity contribution in [3.05, 3.63) is 0 Å². The molecule has 2 heterocycles. The molecule has 0 radical (unpaired) electrons. The number of rotatable bonds is 1.